The molecular formula is C20H26N2O2. The SMILES string of the molecule is Cc1ccc(N2CC(C(=O)N(C3CC3)C(C)C3CC3)CC2=O)cc1. The van der Waals surface area contributed by atoms with E-state index in [1.165, 1.54) is 18.4 Å². The molecule has 2 saturated carbocycles. The summed E-state index contributed by atoms with van der Waals surface area (Å²) in [6.07, 6.45) is 5.11. The third kappa shape index (κ3) is 2.94. The van der Waals surface area contributed by atoms with Gasteiger partial charge in [0.1, 0.15) is 0 Å². The zero-order valence-electron chi connectivity index (χ0n) is 14.6. The molecule has 3 aliphatic rings. The van der Waals surface area contributed by atoms with Gasteiger partial charge in [0.25, 0.3) is 0 Å². The van der Waals surface area contributed by atoms with Crippen LogP contribution in [0.2, 0.25) is 0 Å². The molecule has 0 aromatic heterocycles. The zero-order valence-corrected chi connectivity index (χ0v) is 14.6. The Balaban J connectivity index is 1.49. The molecule has 4 rings (SSSR count). The molecule has 1 heterocycles. The van der Waals surface area contributed by atoms with E-state index in [4.69, 9.17) is 0 Å². The predicted octanol–water partition coefficient (Wildman–Crippen LogP) is 3.14. The number of rotatable bonds is 5. The highest BCUT2D eigenvalue weighted by molar-refractivity contribution is 6.00. The molecule has 0 N–H and O–H groups in total. The van der Waals surface area contributed by atoms with Crippen LogP contribution in [0.15, 0.2) is 24.3 Å². The maximum atomic E-state index is 13.1. The van der Waals surface area contributed by atoms with Crippen molar-refractivity contribution in [3.05, 3.63) is 29.8 Å². The first-order valence-corrected chi connectivity index (χ1v) is 9.24. The van der Waals surface area contributed by atoms with Crippen LogP contribution in [-0.4, -0.2) is 35.3 Å². The Labute approximate surface area is 143 Å². The average Bonchev–Trinajstić information content (AvgIpc) is 3.46. The highest BCUT2D eigenvalue weighted by Crippen LogP contribution is 2.41. The van der Waals surface area contributed by atoms with Gasteiger partial charge in [0.15, 0.2) is 0 Å². The monoisotopic (exact) mass is 326 g/mol. The molecule has 4 nitrogen and oxygen atoms in total. The normalized spacial score (nSPS) is 25.0. The maximum absolute atomic E-state index is 13.1. The van der Waals surface area contributed by atoms with Gasteiger partial charge in [-0.3, -0.25) is 9.59 Å². The number of carbonyl (C=O) groups excluding carboxylic acids is 2. The number of aryl methyl sites for hydroxylation is 1. The van der Waals surface area contributed by atoms with E-state index in [1.54, 1.807) is 4.90 Å². The minimum absolute atomic E-state index is 0.0759. The Kier molecular flexibility index (Phi) is 3.86. The Morgan fingerprint density at radius 2 is 1.83 bits per heavy atom. The van der Waals surface area contributed by atoms with Crippen molar-refractivity contribution in [1.82, 2.24) is 4.90 Å². The molecule has 2 atom stereocenters. The molecule has 1 saturated heterocycles. The highest BCUT2D eigenvalue weighted by Gasteiger charge is 2.46. The van der Waals surface area contributed by atoms with E-state index in [0.717, 1.165) is 18.5 Å². The van der Waals surface area contributed by atoms with Gasteiger partial charge in [0.05, 0.1) is 5.92 Å². The Hall–Kier alpha value is -1.84. The number of anilines is 1. The van der Waals surface area contributed by atoms with Gasteiger partial charge in [0.2, 0.25) is 11.8 Å². The van der Waals surface area contributed by atoms with Crippen molar-refractivity contribution in [1.29, 1.82) is 0 Å². The molecule has 3 fully saturated rings. The number of hydrogen-bond acceptors (Lipinski definition) is 2. The van der Waals surface area contributed by atoms with E-state index in [1.807, 2.05) is 31.2 Å². The fourth-order valence-corrected chi connectivity index (χ4v) is 3.93. The molecule has 128 valence electrons. The summed E-state index contributed by atoms with van der Waals surface area (Å²) in [7, 11) is 0. The van der Waals surface area contributed by atoms with Crippen molar-refractivity contribution in [2.75, 3.05) is 11.4 Å². The van der Waals surface area contributed by atoms with E-state index in [9.17, 15) is 9.59 Å². The van der Waals surface area contributed by atoms with Gasteiger partial charge in [-0.25, -0.2) is 0 Å². The molecule has 24 heavy (non-hydrogen) atoms. The van der Waals surface area contributed by atoms with E-state index >= 15 is 0 Å². The summed E-state index contributed by atoms with van der Waals surface area (Å²) in [5.74, 6) is 0.785. The molecule has 0 spiro atoms. The Bertz CT molecular complexity index is 646. The maximum Gasteiger partial charge on any atom is 0.228 e. The molecule has 1 aromatic carbocycles. The van der Waals surface area contributed by atoms with Gasteiger partial charge in [-0.2, -0.15) is 0 Å². The molecule has 0 radical (unpaired) electrons. The van der Waals surface area contributed by atoms with Gasteiger partial charge in [-0.1, -0.05) is 17.7 Å². The summed E-state index contributed by atoms with van der Waals surface area (Å²) in [6.45, 7) is 4.76. The summed E-state index contributed by atoms with van der Waals surface area (Å²) in [4.78, 5) is 29.5. The molecule has 1 aromatic rings. The van der Waals surface area contributed by atoms with Crippen LogP contribution in [0.4, 0.5) is 5.69 Å². The summed E-state index contributed by atoms with van der Waals surface area (Å²) in [5, 5.41) is 0. The highest BCUT2D eigenvalue weighted by atomic mass is 16.2. The van der Waals surface area contributed by atoms with Gasteiger partial charge >= 0.3 is 0 Å². The van der Waals surface area contributed by atoms with E-state index < -0.39 is 0 Å². The lowest BCUT2D eigenvalue weighted by Gasteiger charge is -2.31. The summed E-state index contributed by atoms with van der Waals surface area (Å²) in [6, 6.07) is 8.76. The summed E-state index contributed by atoms with van der Waals surface area (Å²) >= 11 is 0. The first kappa shape index (κ1) is 15.7. The largest absolute Gasteiger partial charge is 0.336 e. The smallest absolute Gasteiger partial charge is 0.228 e. The second kappa shape index (κ2) is 5.91. The van der Waals surface area contributed by atoms with Crippen molar-refractivity contribution >= 4 is 17.5 Å². The predicted molar refractivity (Wildman–Crippen MR) is 93.7 cm³/mol. The molecule has 4 heteroatoms. The lowest BCUT2D eigenvalue weighted by atomic mass is 10.0. The van der Waals surface area contributed by atoms with Crippen molar-refractivity contribution in [2.24, 2.45) is 11.8 Å². The molecule has 0 bridgehead atoms. The second-order valence-electron chi connectivity index (χ2n) is 7.80. The van der Waals surface area contributed by atoms with Crippen LogP contribution in [-0.2, 0) is 9.59 Å². The second-order valence-corrected chi connectivity index (χ2v) is 7.80. The summed E-state index contributed by atoms with van der Waals surface area (Å²) in [5.41, 5.74) is 2.09. The van der Waals surface area contributed by atoms with Crippen molar-refractivity contribution in [3.63, 3.8) is 0 Å². The zero-order chi connectivity index (χ0) is 16.8. The third-order valence-corrected chi connectivity index (χ3v) is 5.76. The van der Waals surface area contributed by atoms with Crippen LogP contribution in [0.25, 0.3) is 0 Å². The number of amides is 2. The quantitative estimate of drug-likeness (QED) is 0.834. The van der Waals surface area contributed by atoms with Gasteiger partial charge in [-0.05, 0) is 57.6 Å². The van der Waals surface area contributed by atoms with Crippen LogP contribution in [0.1, 0.15) is 44.6 Å². The lowest BCUT2D eigenvalue weighted by Crippen LogP contribution is -2.45. The molecule has 2 unspecified atom stereocenters. The van der Waals surface area contributed by atoms with Crippen molar-refractivity contribution < 1.29 is 9.59 Å². The van der Waals surface area contributed by atoms with Crippen LogP contribution < -0.4 is 4.90 Å². The van der Waals surface area contributed by atoms with E-state index in [0.29, 0.717) is 31.0 Å². The summed E-state index contributed by atoms with van der Waals surface area (Å²) < 4.78 is 0. The minimum Gasteiger partial charge on any atom is -0.336 e. The molecule has 2 aliphatic carbocycles. The van der Waals surface area contributed by atoms with E-state index in [-0.39, 0.29) is 17.7 Å². The first-order chi connectivity index (χ1) is 11.5. The number of hydrogen-bond donors (Lipinski definition) is 0. The van der Waals surface area contributed by atoms with Crippen LogP contribution >= 0.6 is 0 Å². The van der Waals surface area contributed by atoms with Crippen molar-refractivity contribution in [2.45, 2.75) is 58.0 Å². The van der Waals surface area contributed by atoms with Crippen molar-refractivity contribution in [3.8, 4) is 0 Å². The molecule has 2 amide bonds. The van der Waals surface area contributed by atoms with Gasteiger partial charge < -0.3 is 9.80 Å². The lowest BCUT2D eigenvalue weighted by molar-refractivity contribution is -0.138. The van der Waals surface area contributed by atoms with Gasteiger partial charge in [0, 0.05) is 30.7 Å². The third-order valence-electron chi connectivity index (χ3n) is 5.76. The molecular weight excluding hydrogens is 300 g/mol. The van der Waals surface area contributed by atoms with Crippen LogP contribution in [0.3, 0.4) is 0 Å². The van der Waals surface area contributed by atoms with E-state index in [2.05, 4.69) is 11.8 Å². The Morgan fingerprint density at radius 1 is 1.17 bits per heavy atom. The van der Waals surface area contributed by atoms with Crippen LogP contribution in [0.5, 0.6) is 0 Å². The standard InChI is InChI=1S/C20H26N2O2/c1-13-3-7-17(8-4-13)21-12-16(11-19(21)23)20(24)22(18-9-10-18)14(2)15-5-6-15/h3-4,7-8,14-16,18H,5-6,9-12H2,1-2H3. The topological polar surface area (TPSA) is 40.6 Å². The number of benzene rings is 1. The Morgan fingerprint density at radius 3 is 2.42 bits per heavy atom. The fraction of sp³-hybridized carbons (Fsp3) is 0.600. The minimum atomic E-state index is -0.180. The van der Waals surface area contributed by atoms with Crippen LogP contribution in [0, 0.1) is 18.8 Å². The number of nitrogens with zero attached hydrogens (tertiary/aromatic N) is 2. The first-order valence-electron chi connectivity index (χ1n) is 9.24. The fourth-order valence-electron chi connectivity index (χ4n) is 3.93. The number of carbonyl (C=O) groups is 2. The molecule has 1 aliphatic heterocycles. The average molecular weight is 326 g/mol. The van der Waals surface area contributed by atoms with Gasteiger partial charge in [-0.15, -0.1) is 0 Å².